The minimum atomic E-state index is 0.238. The van der Waals surface area contributed by atoms with Gasteiger partial charge in [0.15, 0.2) is 11.5 Å². The first-order valence-electron chi connectivity index (χ1n) is 7.50. The fourth-order valence-corrected chi connectivity index (χ4v) is 2.81. The zero-order valence-electron chi connectivity index (χ0n) is 12.9. The van der Waals surface area contributed by atoms with E-state index in [4.69, 9.17) is 10.00 Å². The van der Waals surface area contributed by atoms with Gasteiger partial charge in [-0.05, 0) is 26.2 Å². The van der Waals surface area contributed by atoms with Crippen molar-refractivity contribution in [1.29, 1.82) is 5.26 Å². The Kier molecular flexibility index (Phi) is 4.24. The smallest absolute Gasteiger partial charge is 0.158 e. The molecule has 1 saturated carbocycles. The van der Waals surface area contributed by atoms with Crippen molar-refractivity contribution in [1.82, 2.24) is 20.2 Å². The van der Waals surface area contributed by atoms with Crippen LogP contribution in [-0.2, 0) is 4.74 Å². The van der Waals surface area contributed by atoms with Gasteiger partial charge < -0.3 is 10.1 Å². The summed E-state index contributed by atoms with van der Waals surface area (Å²) < 4.78 is 5.70. The number of allylic oxidation sites excluding steroid dienone is 1. The number of nitriles is 1. The molecule has 0 radical (unpaired) electrons. The Balaban J connectivity index is 1.62. The molecular formula is C16H18N6O. The van der Waals surface area contributed by atoms with Crippen LogP contribution in [-0.4, -0.2) is 26.3 Å². The van der Waals surface area contributed by atoms with E-state index in [-0.39, 0.29) is 11.8 Å². The van der Waals surface area contributed by atoms with Gasteiger partial charge in [-0.2, -0.15) is 10.4 Å². The highest BCUT2D eigenvalue weighted by Crippen LogP contribution is 2.36. The van der Waals surface area contributed by atoms with Crippen LogP contribution < -0.4 is 5.32 Å². The third kappa shape index (κ3) is 3.66. The highest BCUT2D eigenvalue weighted by Gasteiger charge is 2.28. The molecule has 118 valence electrons. The largest absolute Gasteiger partial charge is 0.496 e. The van der Waals surface area contributed by atoms with Crippen molar-refractivity contribution < 1.29 is 4.74 Å². The topological polar surface area (TPSA) is 99.5 Å². The van der Waals surface area contributed by atoms with Crippen LogP contribution in [0.4, 0.5) is 11.6 Å². The summed E-state index contributed by atoms with van der Waals surface area (Å²) in [6, 6.07) is 3.92. The predicted molar refractivity (Wildman–Crippen MR) is 84.9 cm³/mol. The molecule has 0 aliphatic heterocycles. The van der Waals surface area contributed by atoms with Crippen molar-refractivity contribution in [2.24, 2.45) is 0 Å². The Morgan fingerprint density at radius 2 is 2.26 bits per heavy atom. The molecule has 1 aliphatic carbocycles. The number of H-pyrrole nitrogens is 1. The highest BCUT2D eigenvalue weighted by atomic mass is 16.5. The SMILES string of the molecule is C=C(C)OC1CCC(c2cc(Nc3cnc(C#N)cn3)n[nH]2)C1. The molecular weight excluding hydrogens is 292 g/mol. The van der Waals surface area contributed by atoms with E-state index in [2.05, 4.69) is 32.1 Å². The Morgan fingerprint density at radius 1 is 1.39 bits per heavy atom. The molecule has 0 bridgehead atoms. The van der Waals surface area contributed by atoms with Crippen LogP contribution in [0.3, 0.4) is 0 Å². The number of rotatable bonds is 5. The number of anilines is 2. The molecule has 1 aliphatic rings. The number of nitrogens with one attached hydrogen (secondary N) is 2. The van der Waals surface area contributed by atoms with E-state index in [9.17, 15) is 0 Å². The first-order valence-corrected chi connectivity index (χ1v) is 7.50. The predicted octanol–water partition coefficient (Wildman–Crippen LogP) is 3.00. The van der Waals surface area contributed by atoms with Crippen molar-refractivity contribution in [3.05, 3.63) is 42.2 Å². The van der Waals surface area contributed by atoms with Crippen molar-refractivity contribution in [3.8, 4) is 6.07 Å². The Morgan fingerprint density at radius 3 is 2.96 bits per heavy atom. The van der Waals surface area contributed by atoms with Gasteiger partial charge in [0.05, 0.1) is 24.3 Å². The highest BCUT2D eigenvalue weighted by molar-refractivity contribution is 5.51. The van der Waals surface area contributed by atoms with Gasteiger partial charge in [0, 0.05) is 17.7 Å². The first kappa shape index (κ1) is 15.0. The van der Waals surface area contributed by atoms with Crippen molar-refractivity contribution in [2.45, 2.75) is 38.2 Å². The Labute approximate surface area is 134 Å². The normalized spacial score (nSPS) is 20.0. The Hall–Kier alpha value is -2.88. The first-order chi connectivity index (χ1) is 11.1. The molecule has 2 N–H and O–H groups in total. The van der Waals surface area contributed by atoms with Gasteiger partial charge in [-0.25, -0.2) is 9.97 Å². The van der Waals surface area contributed by atoms with E-state index in [1.54, 1.807) is 0 Å². The van der Waals surface area contributed by atoms with E-state index in [0.29, 0.717) is 17.6 Å². The fourth-order valence-electron chi connectivity index (χ4n) is 2.81. The standard InChI is InChI=1S/C16H18N6O/c1-10(2)23-13-4-3-11(5-13)14-6-15(22-21-14)20-16-9-18-12(7-17)8-19-16/h6,8-9,11,13H,1,3-5H2,2H3,(H2,19,20,21,22). The number of ether oxygens (including phenoxy) is 1. The maximum Gasteiger partial charge on any atom is 0.158 e. The molecule has 2 heterocycles. The minimum absolute atomic E-state index is 0.238. The second kappa shape index (κ2) is 6.48. The van der Waals surface area contributed by atoms with E-state index < -0.39 is 0 Å². The lowest BCUT2D eigenvalue weighted by molar-refractivity contribution is 0.123. The maximum absolute atomic E-state index is 8.71. The zero-order chi connectivity index (χ0) is 16.2. The van der Waals surface area contributed by atoms with Gasteiger partial charge in [-0.15, -0.1) is 0 Å². The molecule has 2 aromatic heterocycles. The molecule has 7 heteroatoms. The molecule has 23 heavy (non-hydrogen) atoms. The second-order valence-corrected chi connectivity index (χ2v) is 5.68. The molecule has 0 aromatic carbocycles. The fraction of sp³-hybridized carbons (Fsp3) is 0.375. The molecule has 0 saturated heterocycles. The van der Waals surface area contributed by atoms with E-state index >= 15 is 0 Å². The van der Waals surface area contributed by atoms with Crippen LogP contribution in [0.2, 0.25) is 0 Å². The third-order valence-electron chi connectivity index (χ3n) is 3.81. The summed E-state index contributed by atoms with van der Waals surface area (Å²) >= 11 is 0. The summed E-state index contributed by atoms with van der Waals surface area (Å²) in [5.41, 5.74) is 1.37. The summed E-state index contributed by atoms with van der Waals surface area (Å²) in [5, 5.41) is 19.1. The van der Waals surface area contributed by atoms with E-state index in [1.165, 1.54) is 12.4 Å². The number of hydrogen-bond acceptors (Lipinski definition) is 6. The van der Waals surface area contributed by atoms with E-state index in [0.717, 1.165) is 30.7 Å². The average Bonchev–Trinajstić information content (AvgIpc) is 3.17. The number of hydrogen-bond donors (Lipinski definition) is 2. The quantitative estimate of drug-likeness (QED) is 0.823. The van der Waals surface area contributed by atoms with Crippen LogP contribution in [0, 0.1) is 11.3 Å². The number of aromatic amines is 1. The number of aromatic nitrogens is 4. The van der Waals surface area contributed by atoms with Crippen molar-refractivity contribution in [3.63, 3.8) is 0 Å². The van der Waals surface area contributed by atoms with Crippen LogP contribution in [0.25, 0.3) is 0 Å². The maximum atomic E-state index is 8.71. The second-order valence-electron chi connectivity index (χ2n) is 5.68. The summed E-state index contributed by atoms with van der Waals surface area (Å²) in [7, 11) is 0. The van der Waals surface area contributed by atoms with Crippen LogP contribution in [0.5, 0.6) is 0 Å². The van der Waals surface area contributed by atoms with Gasteiger partial charge in [0.1, 0.15) is 11.9 Å². The van der Waals surface area contributed by atoms with Crippen LogP contribution in [0.1, 0.15) is 43.5 Å². The zero-order valence-corrected chi connectivity index (χ0v) is 12.9. The van der Waals surface area contributed by atoms with Gasteiger partial charge >= 0.3 is 0 Å². The molecule has 2 unspecified atom stereocenters. The lowest BCUT2D eigenvalue weighted by Gasteiger charge is -2.12. The molecule has 7 nitrogen and oxygen atoms in total. The minimum Gasteiger partial charge on any atom is -0.496 e. The summed E-state index contributed by atoms with van der Waals surface area (Å²) in [5.74, 6) is 2.41. The number of nitrogens with zero attached hydrogens (tertiary/aromatic N) is 4. The lowest BCUT2D eigenvalue weighted by atomic mass is 10.0. The van der Waals surface area contributed by atoms with E-state index in [1.807, 2.05) is 19.1 Å². The third-order valence-corrected chi connectivity index (χ3v) is 3.81. The molecule has 3 rings (SSSR count). The summed E-state index contributed by atoms with van der Waals surface area (Å²) in [4.78, 5) is 8.08. The lowest BCUT2D eigenvalue weighted by Crippen LogP contribution is -2.06. The monoisotopic (exact) mass is 310 g/mol. The molecule has 0 amide bonds. The van der Waals surface area contributed by atoms with Crippen LogP contribution >= 0.6 is 0 Å². The average molecular weight is 310 g/mol. The Bertz CT molecular complexity index is 730. The summed E-state index contributed by atoms with van der Waals surface area (Å²) in [6.07, 6.45) is 6.23. The van der Waals surface area contributed by atoms with Gasteiger partial charge in [0.25, 0.3) is 0 Å². The molecule has 1 fully saturated rings. The van der Waals surface area contributed by atoms with Gasteiger partial charge in [0.2, 0.25) is 0 Å². The van der Waals surface area contributed by atoms with Crippen molar-refractivity contribution in [2.75, 3.05) is 5.32 Å². The molecule has 2 aromatic rings. The van der Waals surface area contributed by atoms with Gasteiger partial charge in [-0.3, -0.25) is 5.10 Å². The molecule has 0 spiro atoms. The summed E-state index contributed by atoms with van der Waals surface area (Å²) in [6.45, 7) is 5.67. The van der Waals surface area contributed by atoms with Crippen molar-refractivity contribution >= 4 is 11.6 Å². The van der Waals surface area contributed by atoms with Gasteiger partial charge in [-0.1, -0.05) is 6.58 Å². The molecule has 2 atom stereocenters. The van der Waals surface area contributed by atoms with Crippen LogP contribution in [0.15, 0.2) is 30.8 Å².